The number of carbonyl (C=O) groups excluding carboxylic acids is 1. The molecular weight excluding hydrogens is 386 g/mol. The first kappa shape index (κ1) is 19.5. The average Bonchev–Trinajstić information content (AvgIpc) is 2.98. The molecule has 0 saturated carbocycles. The molecule has 2 aromatic carbocycles. The van der Waals surface area contributed by atoms with E-state index >= 15 is 0 Å². The molecule has 158 valence electrons. The largest absolute Gasteiger partial charge is 0.382 e. The van der Waals surface area contributed by atoms with E-state index in [9.17, 15) is 4.79 Å². The third-order valence-corrected chi connectivity index (χ3v) is 6.32. The summed E-state index contributed by atoms with van der Waals surface area (Å²) in [5.74, 6) is 0.167. The number of benzene rings is 2. The summed E-state index contributed by atoms with van der Waals surface area (Å²) in [5.41, 5.74) is 6.25. The summed E-state index contributed by atoms with van der Waals surface area (Å²) in [4.78, 5) is 22.9. The van der Waals surface area contributed by atoms with Crippen molar-refractivity contribution >= 4 is 33.5 Å². The van der Waals surface area contributed by atoms with Crippen molar-refractivity contribution < 1.29 is 4.79 Å². The highest BCUT2D eigenvalue weighted by molar-refractivity contribution is 5.97. The van der Waals surface area contributed by atoms with Gasteiger partial charge in [-0.2, -0.15) is 0 Å². The van der Waals surface area contributed by atoms with Gasteiger partial charge in [0.15, 0.2) is 0 Å². The lowest BCUT2D eigenvalue weighted by molar-refractivity contribution is -0.128. The normalized spacial score (nSPS) is 17.1. The van der Waals surface area contributed by atoms with Gasteiger partial charge in [0, 0.05) is 68.5 Å². The molecule has 0 spiro atoms. The standard InChI is InChI=1S/C25H27N5O/c1-17(31)30-11-3-4-20(8-13-30)28-21-15-22(25-23(16-21)26-9-10-27-25)19-6-5-18-7-12-29(2)24(18)14-19/h5-7,9-10,12,14-16,20,28H,3-4,8,11,13H2,1-2H3. The summed E-state index contributed by atoms with van der Waals surface area (Å²) in [6.45, 7) is 3.31. The van der Waals surface area contributed by atoms with Crippen LogP contribution in [0.1, 0.15) is 26.2 Å². The van der Waals surface area contributed by atoms with Crippen molar-refractivity contribution in [1.29, 1.82) is 0 Å². The highest BCUT2D eigenvalue weighted by Crippen LogP contribution is 2.33. The molecule has 1 amide bonds. The molecule has 0 radical (unpaired) electrons. The Morgan fingerprint density at radius 1 is 1.06 bits per heavy atom. The van der Waals surface area contributed by atoms with Gasteiger partial charge in [0.1, 0.15) is 0 Å². The second kappa shape index (κ2) is 8.02. The van der Waals surface area contributed by atoms with Gasteiger partial charge < -0.3 is 14.8 Å². The van der Waals surface area contributed by atoms with Crippen LogP contribution in [0.15, 0.2) is 55.0 Å². The number of nitrogens with zero attached hydrogens (tertiary/aromatic N) is 4. The number of carbonyl (C=O) groups is 1. The van der Waals surface area contributed by atoms with Crippen molar-refractivity contribution in [3.63, 3.8) is 0 Å². The van der Waals surface area contributed by atoms with Crippen molar-refractivity contribution in [3.05, 3.63) is 55.0 Å². The Labute approximate surface area is 181 Å². The first-order valence-electron chi connectivity index (χ1n) is 10.9. The molecular formula is C25H27N5O. The second-order valence-corrected chi connectivity index (χ2v) is 8.43. The molecule has 1 N–H and O–H groups in total. The molecule has 6 nitrogen and oxygen atoms in total. The molecule has 1 fully saturated rings. The van der Waals surface area contributed by atoms with Crippen LogP contribution in [-0.4, -0.2) is 44.5 Å². The lowest BCUT2D eigenvalue weighted by Crippen LogP contribution is -2.30. The third-order valence-electron chi connectivity index (χ3n) is 6.32. The number of amides is 1. The molecule has 1 atom stereocenters. The van der Waals surface area contributed by atoms with E-state index in [0.717, 1.165) is 60.2 Å². The topological polar surface area (TPSA) is 63.1 Å². The minimum absolute atomic E-state index is 0.167. The zero-order valence-electron chi connectivity index (χ0n) is 18.0. The van der Waals surface area contributed by atoms with Crippen LogP contribution in [0.25, 0.3) is 33.1 Å². The van der Waals surface area contributed by atoms with Crippen molar-refractivity contribution in [2.45, 2.75) is 32.2 Å². The average molecular weight is 414 g/mol. The Morgan fingerprint density at radius 3 is 2.81 bits per heavy atom. The molecule has 6 heteroatoms. The van der Waals surface area contributed by atoms with E-state index in [-0.39, 0.29) is 5.91 Å². The van der Waals surface area contributed by atoms with E-state index in [1.165, 1.54) is 10.9 Å². The third kappa shape index (κ3) is 3.85. The lowest BCUT2D eigenvalue weighted by atomic mass is 10.0. The SMILES string of the molecule is CC(=O)N1CCCC(Nc2cc(-c3ccc4ccn(C)c4c3)c3nccnc3c2)CC1. The summed E-state index contributed by atoms with van der Waals surface area (Å²) in [6, 6.07) is 13.3. The van der Waals surface area contributed by atoms with Crippen LogP contribution in [0, 0.1) is 0 Å². The molecule has 3 heterocycles. The van der Waals surface area contributed by atoms with Gasteiger partial charge in [-0.15, -0.1) is 0 Å². The van der Waals surface area contributed by atoms with Crippen molar-refractivity contribution in [2.24, 2.45) is 7.05 Å². The molecule has 5 rings (SSSR count). The number of rotatable bonds is 3. The predicted molar refractivity (Wildman–Crippen MR) is 125 cm³/mol. The molecule has 0 bridgehead atoms. The minimum Gasteiger partial charge on any atom is -0.382 e. The number of anilines is 1. The number of fused-ring (bicyclic) bond motifs is 2. The van der Waals surface area contributed by atoms with Gasteiger partial charge in [-0.05, 0) is 54.5 Å². The van der Waals surface area contributed by atoms with Gasteiger partial charge >= 0.3 is 0 Å². The van der Waals surface area contributed by atoms with Gasteiger partial charge in [0.05, 0.1) is 11.0 Å². The van der Waals surface area contributed by atoms with E-state index in [0.29, 0.717) is 6.04 Å². The van der Waals surface area contributed by atoms with Crippen LogP contribution in [0.3, 0.4) is 0 Å². The van der Waals surface area contributed by atoms with E-state index in [4.69, 9.17) is 0 Å². The van der Waals surface area contributed by atoms with Crippen LogP contribution in [0.4, 0.5) is 5.69 Å². The molecule has 31 heavy (non-hydrogen) atoms. The van der Waals surface area contributed by atoms with Crippen LogP contribution in [0.5, 0.6) is 0 Å². The Morgan fingerprint density at radius 2 is 1.94 bits per heavy atom. The second-order valence-electron chi connectivity index (χ2n) is 8.43. The molecule has 1 aliphatic rings. The smallest absolute Gasteiger partial charge is 0.219 e. The quantitative estimate of drug-likeness (QED) is 0.533. The number of likely N-dealkylation sites (tertiary alicyclic amines) is 1. The summed E-state index contributed by atoms with van der Waals surface area (Å²) in [7, 11) is 2.07. The maximum Gasteiger partial charge on any atom is 0.219 e. The minimum atomic E-state index is 0.167. The number of hydrogen-bond acceptors (Lipinski definition) is 4. The van der Waals surface area contributed by atoms with Crippen LogP contribution < -0.4 is 5.32 Å². The van der Waals surface area contributed by atoms with Crippen molar-refractivity contribution in [2.75, 3.05) is 18.4 Å². The van der Waals surface area contributed by atoms with Crippen LogP contribution in [0.2, 0.25) is 0 Å². The van der Waals surface area contributed by atoms with Crippen LogP contribution >= 0.6 is 0 Å². The van der Waals surface area contributed by atoms with E-state index in [1.807, 2.05) is 4.90 Å². The first-order chi connectivity index (χ1) is 15.1. The molecule has 2 aromatic heterocycles. The lowest BCUT2D eigenvalue weighted by Gasteiger charge is -2.20. The van der Waals surface area contributed by atoms with Gasteiger partial charge in [0.25, 0.3) is 0 Å². The summed E-state index contributed by atoms with van der Waals surface area (Å²) < 4.78 is 2.14. The number of nitrogens with one attached hydrogen (secondary N) is 1. The molecule has 0 aliphatic carbocycles. The molecule has 1 unspecified atom stereocenters. The summed E-state index contributed by atoms with van der Waals surface area (Å²) in [5, 5.41) is 4.94. The van der Waals surface area contributed by atoms with Crippen molar-refractivity contribution in [1.82, 2.24) is 19.4 Å². The maximum absolute atomic E-state index is 11.8. The highest BCUT2D eigenvalue weighted by Gasteiger charge is 2.19. The number of aromatic nitrogens is 3. The summed E-state index contributed by atoms with van der Waals surface area (Å²) in [6.07, 6.45) is 8.59. The number of aryl methyl sites for hydroxylation is 1. The zero-order valence-corrected chi connectivity index (χ0v) is 18.0. The fraction of sp³-hybridized carbons (Fsp3) is 0.320. The van der Waals surface area contributed by atoms with E-state index < -0.39 is 0 Å². The monoisotopic (exact) mass is 413 g/mol. The molecule has 4 aromatic rings. The maximum atomic E-state index is 11.8. The van der Waals surface area contributed by atoms with Crippen molar-refractivity contribution in [3.8, 4) is 11.1 Å². The zero-order chi connectivity index (χ0) is 21.4. The Balaban J connectivity index is 1.51. The molecule has 1 aliphatic heterocycles. The van der Waals surface area contributed by atoms with Gasteiger partial charge in [0.2, 0.25) is 5.91 Å². The predicted octanol–water partition coefficient (Wildman–Crippen LogP) is 4.60. The Kier molecular flexibility index (Phi) is 5.06. The van der Waals surface area contributed by atoms with Gasteiger partial charge in [-0.25, -0.2) is 0 Å². The Bertz CT molecular complexity index is 1260. The van der Waals surface area contributed by atoms with Gasteiger partial charge in [-0.3, -0.25) is 14.8 Å². The Hall–Kier alpha value is -3.41. The molecule has 1 saturated heterocycles. The fourth-order valence-corrected chi connectivity index (χ4v) is 4.60. The summed E-state index contributed by atoms with van der Waals surface area (Å²) >= 11 is 0. The number of hydrogen-bond donors (Lipinski definition) is 1. The van der Waals surface area contributed by atoms with Crippen LogP contribution in [-0.2, 0) is 11.8 Å². The highest BCUT2D eigenvalue weighted by atomic mass is 16.2. The van der Waals surface area contributed by atoms with E-state index in [1.54, 1.807) is 19.3 Å². The van der Waals surface area contributed by atoms with Gasteiger partial charge in [-0.1, -0.05) is 12.1 Å². The van der Waals surface area contributed by atoms with E-state index in [2.05, 4.69) is 69.5 Å². The fourth-order valence-electron chi connectivity index (χ4n) is 4.60. The first-order valence-corrected chi connectivity index (χ1v) is 10.9.